The number of aliphatic carboxylic acids is 1. The van der Waals surface area contributed by atoms with E-state index in [9.17, 15) is 14.4 Å². The Morgan fingerprint density at radius 1 is 1.21 bits per heavy atom. The lowest BCUT2D eigenvalue weighted by atomic mass is 10.0. The molecule has 0 aliphatic rings. The number of rotatable bonds is 7. The maximum absolute atomic E-state index is 12.5. The Morgan fingerprint density at radius 3 is 2.42 bits per heavy atom. The number of carbonyl (C=O) groups excluding carboxylic acids is 2. The highest BCUT2D eigenvalue weighted by atomic mass is 16.4. The number of nitrogens with zero attached hydrogens (tertiary/aromatic N) is 1. The first kappa shape index (κ1) is 17.5. The van der Waals surface area contributed by atoms with Crippen molar-refractivity contribution in [2.75, 3.05) is 0 Å². The van der Waals surface area contributed by atoms with Crippen LogP contribution >= 0.6 is 0 Å². The number of hydrogen-bond acceptors (Lipinski definition) is 3. The van der Waals surface area contributed by atoms with Crippen LogP contribution < -0.4 is 5.32 Å². The zero-order valence-corrected chi connectivity index (χ0v) is 13.7. The fourth-order valence-corrected chi connectivity index (χ4v) is 2.49. The van der Waals surface area contributed by atoms with Crippen molar-refractivity contribution in [3.05, 3.63) is 59.4 Å². The van der Waals surface area contributed by atoms with Crippen LogP contribution in [-0.2, 0) is 11.8 Å². The van der Waals surface area contributed by atoms with Gasteiger partial charge in [-0.3, -0.25) is 14.4 Å². The molecule has 1 aromatic carbocycles. The number of aryl methyl sites for hydroxylation is 1. The summed E-state index contributed by atoms with van der Waals surface area (Å²) in [5.74, 6) is -1.37. The number of amides is 1. The average molecular weight is 328 g/mol. The Balaban J connectivity index is 2.20. The van der Waals surface area contributed by atoms with Crippen molar-refractivity contribution in [2.24, 2.45) is 7.05 Å². The summed E-state index contributed by atoms with van der Waals surface area (Å²) in [5, 5.41) is 11.8. The molecule has 2 aromatic rings. The molecule has 6 heteroatoms. The number of nitrogens with one attached hydrogen (secondary N) is 1. The van der Waals surface area contributed by atoms with Gasteiger partial charge in [-0.1, -0.05) is 30.3 Å². The van der Waals surface area contributed by atoms with E-state index in [0.29, 0.717) is 11.3 Å². The molecular weight excluding hydrogens is 308 g/mol. The summed E-state index contributed by atoms with van der Waals surface area (Å²) in [6.07, 6.45) is 1.84. The van der Waals surface area contributed by atoms with Crippen LogP contribution in [0.4, 0.5) is 0 Å². The van der Waals surface area contributed by atoms with E-state index in [2.05, 4.69) is 5.32 Å². The molecule has 1 unspecified atom stereocenters. The molecule has 0 bridgehead atoms. The fraction of sp³-hybridized carbons (Fsp3) is 0.278. The molecule has 0 aliphatic carbocycles. The molecule has 0 fully saturated rings. The van der Waals surface area contributed by atoms with E-state index in [0.717, 1.165) is 5.56 Å². The molecule has 1 atom stereocenters. The van der Waals surface area contributed by atoms with Gasteiger partial charge in [0, 0.05) is 25.2 Å². The molecule has 0 saturated heterocycles. The lowest BCUT2D eigenvalue weighted by Crippen LogP contribution is -2.30. The van der Waals surface area contributed by atoms with Crippen LogP contribution in [0, 0.1) is 0 Å². The van der Waals surface area contributed by atoms with E-state index >= 15 is 0 Å². The van der Waals surface area contributed by atoms with Gasteiger partial charge in [-0.15, -0.1) is 0 Å². The highest BCUT2D eigenvalue weighted by molar-refractivity contribution is 5.99. The standard InChI is InChI=1S/C18H20N2O4/c1-12(21)14-10-16(20(2)11-14)18(24)19-15(8-9-17(22)23)13-6-4-3-5-7-13/h3-7,10-11,15H,8-9H2,1-2H3,(H,19,24)(H,22,23). The molecule has 2 rings (SSSR count). The number of Topliss-reactive ketones (excluding diaryl/α,β-unsaturated/α-hetero) is 1. The Hall–Kier alpha value is -2.89. The summed E-state index contributed by atoms with van der Waals surface area (Å²) in [6.45, 7) is 1.44. The summed E-state index contributed by atoms with van der Waals surface area (Å²) < 4.78 is 1.59. The summed E-state index contributed by atoms with van der Waals surface area (Å²) >= 11 is 0. The van der Waals surface area contributed by atoms with Crippen molar-refractivity contribution in [2.45, 2.75) is 25.8 Å². The van der Waals surface area contributed by atoms with Crippen LogP contribution in [0.25, 0.3) is 0 Å². The van der Waals surface area contributed by atoms with Gasteiger partial charge >= 0.3 is 5.97 Å². The fourth-order valence-electron chi connectivity index (χ4n) is 2.49. The van der Waals surface area contributed by atoms with E-state index in [-0.39, 0.29) is 24.5 Å². The molecule has 24 heavy (non-hydrogen) atoms. The predicted octanol–water partition coefficient (Wildman–Crippen LogP) is 2.56. The Bertz CT molecular complexity index is 750. The van der Waals surface area contributed by atoms with Gasteiger partial charge in [-0.2, -0.15) is 0 Å². The molecule has 1 amide bonds. The van der Waals surface area contributed by atoms with Gasteiger partial charge in [0.15, 0.2) is 5.78 Å². The highest BCUT2D eigenvalue weighted by Gasteiger charge is 2.19. The first-order valence-electron chi connectivity index (χ1n) is 7.63. The van der Waals surface area contributed by atoms with Crippen LogP contribution in [-0.4, -0.2) is 27.3 Å². The summed E-state index contributed by atoms with van der Waals surface area (Å²) in [6, 6.07) is 10.4. The second-order valence-corrected chi connectivity index (χ2v) is 5.65. The maximum Gasteiger partial charge on any atom is 0.303 e. The van der Waals surface area contributed by atoms with Gasteiger partial charge in [-0.05, 0) is 25.0 Å². The van der Waals surface area contributed by atoms with Crippen LogP contribution in [0.2, 0.25) is 0 Å². The van der Waals surface area contributed by atoms with Crippen LogP contribution in [0.1, 0.15) is 52.2 Å². The van der Waals surface area contributed by atoms with Crippen molar-refractivity contribution >= 4 is 17.7 Å². The zero-order chi connectivity index (χ0) is 17.7. The number of benzene rings is 1. The Labute approximate surface area is 140 Å². The molecule has 0 saturated carbocycles. The molecule has 6 nitrogen and oxygen atoms in total. The van der Waals surface area contributed by atoms with Gasteiger partial charge in [0.05, 0.1) is 6.04 Å². The number of carbonyl (C=O) groups is 3. The molecule has 0 spiro atoms. The summed E-state index contributed by atoms with van der Waals surface area (Å²) in [5.41, 5.74) is 1.66. The lowest BCUT2D eigenvalue weighted by molar-refractivity contribution is -0.137. The number of carboxylic acid groups (broad SMARTS) is 1. The van der Waals surface area contributed by atoms with E-state index < -0.39 is 12.0 Å². The number of carboxylic acids is 1. The van der Waals surface area contributed by atoms with Gasteiger partial charge in [0.1, 0.15) is 5.69 Å². The Kier molecular flexibility index (Phi) is 5.52. The summed E-state index contributed by atoms with van der Waals surface area (Å²) in [4.78, 5) is 34.9. The minimum atomic E-state index is -0.914. The number of aromatic nitrogens is 1. The minimum Gasteiger partial charge on any atom is -0.481 e. The first-order chi connectivity index (χ1) is 11.4. The Morgan fingerprint density at radius 2 is 1.88 bits per heavy atom. The van der Waals surface area contributed by atoms with Crippen molar-refractivity contribution in [3.8, 4) is 0 Å². The number of ketones is 1. The van der Waals surface area contributed by atoms with Crippen LogP contribution in [0.15, 0.2) is 42.6 Å². The van der Waals surface area contributed by atoms with E-state index in [1.165, 1.54) is 13.0 Å². The van der Waals surface area contributed by atoms with Gasteiger partial charge in [0.2, 0.25) is 0 Å². The summed E-state index contributed by atoms with van der Waals surface area (Å²) in [7, 11) is 1.69. The van der Waals surface area contributed by atoms with Gasteiger partial charge < -0.3 is 15.0 Å². The third-order valence-electron chi connectivity index (χ3n) is 3.80. The number of hydrogen-bond donors (Lipinski definition) is 2. The molecule has 0 aliphatic heterocycles. The maximum atomic E-state index is 12.5. The predicted molar refractivity (Wildman–Crippen MR) is 88.9 cm³/mol. The average Bonchev–Trinajstić information content (AvgIpc) is 2.94. The molecule has 1 aromatic heterocycles. The largest absolute Gasteiger partial charge is 0.481 e. The normalized spacial score (nSPS) is 11.8. The van der Waals surface area contributed by atoms with E-state index in [4.69, 9.17) is 5.11 Å². The minimum absolute atomic E-state index is 0.0499. The van der Waals surface area contributed by atoms with Crippen molar-refractivity contribution in [1.82, 2.24) is 9.88 Å². The van der Waals surface area contributed by atoms with E-state index in [1.54, 1.807) is 17.8 Å². The van der Waals surface area contributed by atoms with E-state index in [1.807, 2.05) is 30.3 Å². The molecule has 2 N–H and O–H groups in total. The third-order valence-corrected chi connectivity index (χ3v) is 3.80. The SMILES string of the molecule is CC(=O)c1cc(C(=O)NC(CCC(=O)O)c2ccccc2)n(C)c1. The van der Waals surface area contributed by atoms with Crippen molar-refractivity contribution < 1.29 is 19.5 Å². The molecule has 0 radical (unpaired) electrons. The zero-order valence-electron chi connectivity index (χ0n) is 13.7. The first-order valence-corrected chi connectivity index (χ1v) is 7.63. The second kappa shape index (κ2) is 7.59. The molecular formula is C18H20N2O4. The highest BCUT2D eigenvalue weighted by Crippen LogP contribution is 2.19. The monoisotopic (exact) mass is 328 g/mol. The lowest BCUT2D eigenvalue weighted by Gasteiger charge is -2.18. The molecule has 1 heterocycles. The topological polar surface area (TPSA) is 88.4 Å². The second-order valence-electron chi connectivity index (χ2n) is 5.65. The van der Waals surface area contributed by atoms with Gasteiger partial charge in [-0.25, -0.2) is 0 Å². The quantitative estimate of drug-likeness (QED) is 0.765. The smallest absolute Gasteiger partial charge is 0.303 e. The van der Waals surface area contributed by atoms with Crippen molar-refractivity contribution in [1.29, 1.82) is 0 Å². The van der Waals surface area contributed by atoms with Gasteiger partial charge in [0.25, 0.3) is 5.91 Å². The van der Waals surface area contributed by atoms with Crippen LogP contribution in [0.5, 0.6) is 0 Å². The third kappa shape index (κ3) is 4.32. The van der Waals surface area contributed by atoms with Crippen molar-refractivity contribution in [3.63, 3.8) is 0 Å². The molecule has 126 valence electrons. The van der Waals surface area contributed by atoms with Crippen LogP contribution in [0.3, 0.4) is 0 Å².